The Morgan fingerprint density at radius 2 is 2.05 bits per heavy atom. The molecule has 0 saturated carbocycles. The number of aromatic nitrogens is 1. The first-order valence-corrected chi connectivity index (χ1v) is 7.15. The zero-order valence-electron chi connectivity index (χ0n) is 11.7. The number of aliphatic hydroxyl groups excluding tert-OH is 1. The van der Waals surface area contributed by atoms with Crippen molar-refractivity contribution in [3.63, 3.8) is 0 Å². The molecule has 0 bridgehead atoms. The van der Waals surface area contributed by atoms with Crippen LogP contribution in [0.2, 0.25) is 0 Å². The van der Waals surface area contributed by atoms with E-state index in [2.05, 4.69) is 22.8 Å². The minimum atomic E-state index is 0.146. The molecule has 1 aromatic carbocycles. The first-order valence-electron chi connectivity index (χ1n) is 7.15. The third-order valence-corrected chi connectivity index (χ3v) is 4.08. The van der Waals surface area contributed by atoms with E-state index < -0.39 is 0 Å². The maximum atomic E-state index is 12.3. The first kappa shape index (κ1) is 13.1. The van der Waals surface area contributed by atoms with Gasteiger partial charge < -0.3 is 9.67 Å². The molecule has 0 aliphatic heterocycles. The highest BCUT2D eigenvalue weighted by molar-refractivity contribution is 5.70. The van der Waals surface area contributed by atoms with Crippen LogP contribution in [0.1, 0.15) is 23.2 Å². The molecule has 0 radical (unpaired) electrons. The Balaban J connectivity index is 2.26. The van der Waals surface area contributed by atoms with Gasteiger partial charge in [0.15, 0.2) is 5.43 Å². The van der Waals surface area contributed by atoms with E-state index >= 15 is 0 Å². The summed E-state index contributed by atoms with van der Waals surface area (Å²) in [5.74, 6) is 0. The van der Waals surface area contributed by atoms with E-state index in [4.69, 9.17) is 5.11 Å². The zero-order chi connectivity index (χ0) is 14.1. The molecule has 0 amide bonds. The van der Waals surface area contributed by atoms with Gasteiger partial charge in [-0.1, -0.05) is 24.3 Å². The van der Waals surface area contributed by atoms with Crippen molar-refractivity contribution in [1.29, 1.82) is 0 Å². The van der Waals surface area contributed by atoms with Crippen LogP contribution in [0.4, 0.5) is 0 Å². The lowest BCUT2D eigenvalue weighted by molar-refractivity contribution is 0.279. The van der Waals surface area contributed by atoms with E-state index in [-0.39, 0.29) is 12.0 Å². The molecular weight excluding hydrogens is 250 g/mol. The summed E-state index contributed by atoms with van der Waals surface area (Å²) >= 11 is 0. The van der Waals surface area contributed by atoms with E-state index in [1.807, 2.05) is 13.0 Å². The molecule has 0 fully saturated rings. The summed E-state index contributed by atoms with van der Waals surface area (Å²) in [5, 5.41) is 9.10. The monoisotopic (exact) mass is 269 g/mol. The standard InChI is InChI=1S/C17H19NO2/c1-12-11-16(20)15-8-7-13-5-2-3-6-14(13)17(15)18(12)9-4-10-19/h2-3,5-6,11,19H,4,7-10H2,1H3. The van der Waals surface area contributed by atoms with Gasteiger partial charge in [-0.05, 0) is 31.7 Å². The number of fused-ring (bicyclic) bond motifs is 3. The Labute approximate surface area is 118 Å². The van der Waals surface area contributed by atoms with Crippen LogP contribution in [0.3, 0.4) is 0 Å². The van der Waals surface area contributed by atoms with Crippen LogP contribution in [0.25, 0.3) is 11.3 Å². The lowest BCUT2D eigenvalue weighted by Crippen LogP contribution is -2.23. The average molecular weight is 269 g/mol. The number of benzene rings is 1. The molecule has 3 heteroatoms. The van der Waals surface area contributed by atoms with E-state index in [1.54, 1.807) is 6.07 Å². The highest BCUT2D eigenvalue weighted by Gasteiger charge is 2.21. The van der Waals surface area contributed by atoms with Crippen LogP contribution < -0.4 is 5.43 Å². The predicted octanol–water partition coefficient (Wildman–Crippen LogP) is 2.30. The molecule has 0 unspecified atom stereocenters. The van der Waals surface area contributed by atoms with E-state index in [0.29, 0.717) is 6.42 Å². The van der Waals surface area contributed by atoms with Gasteiger partial charge in [-0.2, -0.15) is 0 Å². The molecule has 3 rings (SSSR count). The minimum Gasteiger partial charge on any atom is -0.396 e. The summed E-state index contributed by atoms with van der Waals surface area (Å²) in [6.45, 7) is 2.89. The molecule has 1 aliphatic carbocycles. The first-order chi connectivity index (χ1) is 9.72. The normalized spacial score (nSPS) is 12.9. The van der Waals surface area contributed by atoms with Gasteiger partial charge in [0.2, 0.25) is 0 Å². The van der Waals surface area contributed by atoms with Gasteiger partial charge in [-0.15, -0.1) is 0 Å². The minimum absolute atomic E-state index is 0.146. The molecule has 1 aromatic heterocycles. The fourth-order valence-corrected chi connectivity index (χ4v) is 3.11. The van der Waals surface area contributed by atoms with Gasteiger partial charge in [0, 0.05) is 36.0 Å². The predicted molar refractivity (Wildman–Crippen MR) is 80.0 cm³/mol. The van der Waals surface area contributed by atoms with Crippen molar-refractivity contribution in [2.24, 2.45) is 0 Å². The SMILES string of the molecule is Cc1cc(=O)c2c(n1CCCO)-c1ccccc1CC2. The van der Waals surface area contributed by atoms with Gasteiger partial charge in [0.05, 0.1) is 5.69 Å². The average Bonchev–Trinajstić information content (AvgIpc) is 2.46. The highest BCUT2D eigenvalue weighted by Crippen LogP contribution is 2.32. The topological polar surface area (TPSA) is 42.2 Å². The summed E-state index contributed by atoms with van der Waals surface area (Å²) in [6.07, 6.45) is 2.45. The summed E-state index contributed by atoms with van der Waals surface area (Å²) in [6, 6.07) is 10.0. The highest BCUT2D eigenvalue weighted by atomic mass is 16.3. The van der Waals surface area contributed by atoms with Gasteiger partial charge in [-0.25, -0.2) is 0 Å². The van der Waals surface area contributed by atoms with Crippen molar-refractivity contribution in [3.05, 3.63) is 57.4 Å². The summed E-state index contributed by atoms with van der Waals surface area (Å²) in [4.78, 5) is 12.3. The fraction of sp³-hybridized carbons (Fsp3) is 0.353. The Morgan fingerprint density at radius 3 is 2.85 bits per heavy atom. The van der Waals surface area contributed by atoms with Crippen LogP contribution in [0.5, 0.6) is 0 Å². The lowest BCUT2D eigenvalue weighted by atomic mass is 9.88. The zero-order valence-corrected chi connectivity index (χ0v) is 11.7. The molecule has 0 spiro atoms. The Morgan fingerprint density at radius 1 is 1.25 bits per heavy atom. The number of nitrogens with zero attached hydrogens (tertiary/aromatic N) is 1. The maximum absolute atomic E-state index is 12.3. The van der Waals surface area contributed by atoms with Crippen LogP contribution in [-0.4, -0.2) is 16.3 Å². The van der Waals surface area contributed by atoms with Crippen molar-refractivity contribution >= 4 is 0 Å². The smallest absolute Gasteiger partial charge is 0.185 e. The van der Waals surface area contributed by atoms with E-state index in [1.165, 1.54) is 11.1 Å². The number of aryl methyl sites for hydroxylation is 2. The Hall–Kier alpha value is -1.87. The molecule has 0 atom stereocenters. The summed E-state index contributed by atoms with van der Waals surface area (Å²) < 4.78 is 2.19. The summed E-state index contributed by atoms with van der Waals surface area (Å²) in [5.41, 5.74) is 5.58. The molecule has 0 saturated heterocycles. The molecule has 1 heterocycles. The second kappa shape index (κ2) is 5.25. The van der Waals surface area contributed by atoms with Crippen molar-refractivity contribution < 1.29 is 5.11 Å². The number of pyridine rings is 1. The third kappa shape index (κ3) is 2.08. The second-order valence-corrected chi connectivity index (χ2v) is 5.36. The van der Waals surface area contributed by atoms with Crippen LogP contribution >= 0.6 is 0 Å². The fourth-order valence-electron chi connectivity index (χ4n) is 3.11. The van der Waals surface area contributed by atoms with Crippen molar-refractivity contribution in [3.8, 4) is 11.3 Å². The Kier molecular flexibility index (Phi) is 3.45. The number of hydrogen-bond donors (Lipinski definition) is 1. The van der Waals surface area contributed by atoms with Gasteiger partial charge in [0.1, 0.15) is 0 Å². The van der Waals surface area contributed by atoms with Crippen LogP contribution in [0.15, 0.2) is 35.1 Å². The molecular formula is C17H19NO2. The largest absolute Gasteiger partial charge is 0.396 e. The van der Waals surface area contributed by atoms with Gasteiger partial charge in [-0.3, -0.25) is 4.79 Å². The van der Waals surface area contributed by atoms with E-state index in [0.717, 1.165) is 36.3 Å². The van der Waals surface area contributed by atoms with Crippen LogP contribution in [-0.2, 0) is 19.4 Å². The molecule has 20 heavy (non-hydrogen) atoms. The molecule has 3 nitrogen and oxygen atoms in total. The quantitative estimate of drug-likeness (QED) is 0.929. The number of hydrogen-bond acceptors (Lipinski definition) is 2. The second-order valence-electron chi connectivity index (χ2n) is 5.36. The van der Waals surface area contributed by atoms with Gasteiger partial charge in [0.25, 0.3) is 0 Å². The third-order valence-electron chi connectivity index (χ3n) is 4.08. The summed E-state index contributed by atoms with van der Waals surface area (Å²) in [7, 11) is 0. The molecule has 2 aromatic rings. The molecule has 1 N–H and O–H groups in total. The Bertz CT molecular complexity index is 701. The van der Waals surface area contributed by atoms with Crippen LogP contribution in [0, 0.1) is 6.92 Å². The lowest BCUT2D eigenvalue weighted by Gasteiger charge is -2.25. The number of rotatable bonds is 3. The van der Waals surface area contributed by atoms with Crippen molar-refractivity contribution in [1.82, 2.24) is 4.57 Å². The van der Waals surface area contributed by atoms with Gasteiger partial charge >= 0.3 is 0 Å². The van der Waals surface area contributed by atoms with E-state index in [9.17, 15) is 4.79 Å². The molecule has 1 aliphatic rings. The van der Waals surface area contributed by atoms with Crippen molar-refractivity contribution in [2.75, 3.05) is 6.61 Å². The maximum Gasteiger partial charge on any atom is 0.185 e. The number of aliphatic hydroxyl groups is 1. The molecule has 104 valence electrons. The van der Waals surface area contributed by atoms with Crippen molar-refractivity contribution in [2.45, 2.75) is 32.7 Å².